The average Bonchev–Trinajstić information content (AvgIpc) is 2.96. The highest BCUT2D eigenvalue weighted by molar-refractivity contribution is 6.55. The van der Waals surface area contributed by atoms with Gasteiger partial charge < -0.3 is 4.74 Å². The normalized spacial score (nSPS) is 21.7. The van der Waals surface area contributed by atoms with Crippen molar-refractivity contribution in [1.82, 2.24) is 0 Å². The number of allylic oxidation sites excluding steroid dienone is 1. The van der Waals surface area contributed by atoms with Crippen LogP contribution >= 0.6 is 46.4 Å². The van der Waals surface area contributed by atoms with Gasteiger partial charge in [0.25, 0.3) is 0 Å². The zero-order chi connectivity index (χ0) is 17.5. The third kappa shape index (κ3) is 3.76. The summed E-state index contributed by atoms with van der Waals surface area (Å²) >= 11 is 22.7. The van der Waals surface area contributed by atoms with Gasteiger partial charge in [-0.05, 0) is 17.4 Å². The molecule has 0 aromatic heterocycles. The van der Waals surface area contributed by atoms with Crippen molar-refractivity contribution in [2.45, 2.75) is 20.5 Å². The van der Waals surface area contributed by atoms with E-state index < -0.39 is 30.1 Å². The van der Waals surface area contributed by atoms with Gasteiger partial charge >= 0.3 is 5.97 Å². The van der Waals surface area contributed by atoms with Crippen molar-refractivity contribution < 1.29 is 18.3 Å². The summed E-state index contributed by atoms with van der Waals surface area (Å²) in [7, 11) is 0. The van der Waals surface area contributed by atoms with Gasteiger partial charge in [0.1, 0.15) is 22.7 Å². The highest BCUT2D eigenvalue weighted by Gasteiger charge is 2.61. The molecule has 2 unspecified atom stereocenters. The predicted octanol–water partition coefficient (Wildman–Crippen LogP) is 5.91. The van der Waals surface area contributed by atoms with Gasteiger partial charge in [-0.2, -0.15) is 0 Å². The highest BCUT2D eigenvalue weighted by Crippen LogP contribution is 2.60. The van der Waals surface area contributed by atoms with E-state index in [0.29, 0.717) is 6.07 Å². The van der Waals surface area contributed by atoms with E-state index >= 15 is 0 Å². The summed E-state index contributed by atoms with van der Waals surface area (Å²) in [6, 6.07) is 0.573. The van der Waals surface area contributed by atoms with Gasteiger partial charge in [0.05, 0.1) is 16.0 Å². The van der Waals surface area contributed by atoms with Gasteiger partial charge in [0.15, 0.2) is 0 Å². The summed E-state index contributed by atoms with van der Waals surface area (Å²) in [6.45, 7) is 3.29. The van der Waals surface area contributed by atoms with Crippen LogP contribution in [0.25, 0.3) is 0 Å². The number of halogens is 6. The number of esters is 1. The van der Waals surface area contributed by atoms with Crippen molar-refractivity contribution >= 4 is 52.4 Å². The highest BCUT2D eigenvalue weighted by atomic mass is 35.5. The third-order valence-corrected chi connectivity index (χ3v) is 5.10. The Labute approximate surface area is 152 Å². The largest absolute Gasteiger partial charge is 0.460 e. The van der Waals surface area contributed by atoms with Crippen molar-refractivity contribution in [3.05, 3.63) is 43.9 Å². The minimum absolute atomic E-state index is 0.0664. The monoisotopic (exact) mass is 402 g/mol. The van der Waals surface area contributed by atoms with Gasteiger partial charge in [-0.25, -0.2) is 8.78 Å². The van der Waals surface area contributed by atoms with Crippen molar-refractivity contribution in [3.63, 3.8) is 0 Å². The molecule has 0 bridgehead atoms. The van der Waals surface area contributed by atoms with Gasteiger partial charge in [0, 0.05) is 11.6 Å². The summed E-state index contributed by atoms with van der Waals surface area (Å²) in [4.78, 5) is 12.2. The van der Waals surface area contributed by atoms with E-state index in [9.17, 15) is 13.6 Å². The molecule has 1 aromatic rings. The molecule has 0 heterocycles. The molecular formula is C15H12Cl4F2O2. The molecule has 1 fully saturated rings. The van der Waals surface area contributed by atoms with Gasteiger partial charge in [-0.1, -0.05) is 60.3 Å². The summed E-state index contributed by atoms with van der Waals surface area (Å²) in [5.41, 5.74) is -0.479. The molecule has 2 nitrogen and oxygen atoms in total. The van der Waals surface area contributed by atoms with Crippen molar-refractivity contribution in [1.29, 1.82) is 0 Å². The molecule has 126 valence electrons. The first kappa shape index (κ1) is 18.8. The van der Waals surface area contributed by atoms with E-state index in [1.165, 1.54) is 0 Å². The maximum Gasteiger partial charge on any atom is 0.310 e. The van der Waals surface area contributed by atoms with Crippen LogP contribution in [0.3, 0.4) is 0 Å². The lowest BCUT2D eigenvalue weighted by atomic mass is 10.1. The van der Waals surface area contributed by atoms with Crippen molar-refractivity contribution in [3.8, 4) is 0 Å². The van der Waals surface area contributed by atoms with Crippen LogP contribution in [-0.4, -0.2) is 5.97 Å². The molecule has 0 amide bonds. The summed E-state index contributed by atoms with van der Waals surface area (Å²) in [6.07, 6.45) is 1.57. The molecule has 2 rings (SSSR count). The van der Waals surface area contributed by atoms with Crippen LogP contribution in [0, 0.1) is 28.9 Å². The van der Waals surface area contributed by atoms with Crippen LogP contribution in [0.5, 0.6) is 0 Å². The molecular weight excluding hydrogens is 392 g/mol. The molecule has 0 aliphatic heterocycles. The molecule has 23 heavy (non-hydrogen) atoms. The quantitative estimate of drug-likeness (QED) is 0.461. The maximum atomic E-state index is 13.4. The minimum atomic E-state index is -0.971. The number of benzene rings is 1. The molecule has 0 N–H and O–H groups in total. The number of rotatable bonds is 4. The molecule has 1 aliphatic carbocycles. The van der Waals surface area contributed by atoms with Crippen molar-refractivity contribution in [2.24, 2.45) is 17.3 Å². The lowest BCUT2D eigenvalue weighted by Crippen LogP contribution is -2.11. The molecule has 8 heteroatoms. The molecule has 1 aromatic carbocycles. The van der Waals surface area contributed by atoms with Crippen LogP contribution in [0.1, 0.15) is 19.4 Å². The van der Waals surface area contributed by atoms with E-state index in [2.05, 4.69) is 0 Å². The summed E-state index contributed by atoms with van der Waals surface area (Å²) in [5.74, 6) is -3.11. The van der Waals surface area contributed by atoms with E-state index in [1.807, 2.05) is 13.8 Å². The van der Waals surface area contributed by atoms with Crippen LogP contribution < -0.4 is 0 Å². The van der Waals surface area contributed by atoms with Gasteiger partial charge in [-0.3, -0.25) is 4.79 Å². The first-order valence-electron chi connectivity index (χ1n) is 6.58. The molecule has 0 saturated heterocycles. The number of ether oxygens (including phenoxy) is 1. The number of carbonyl (C=O) groups excluding carboxylic acids is 1. The molecule has 0 radical (unpaired) electrons. The summed E-state index contributed by atoms with van der Waals surface area (Å²) < 4.78 is 32.1. The average molecular weight is 404 g/mol. The second-order valence-corrected chi connectivity index (χ2v) is 7.60. The van der Waals surface area contributed by atoms with Gasteiger partial charge in [-0.15, -0.1) is 0 Å². The molecule has 2 atom stereocenters. The zero-order valence-corrected chi connectivity index (χ0v) is 15.1. The first-order valence-corrected chi connectivity index (χ1v) is 8.09. The molecule has 1 saturated carbocycles. The summed E-state index contributed by atoms with van der Waals surface area (Å²) in [5, 5.41) is -0.751. The fraction of sp³-hybridized carbons (Fsp3) is 0.400. The van der Waals surface area contributed by atoms with Crippen LogP contribution in [0.4, 0.5) is 8.78 Å². The topological polar surface area (TPSA) is 26.3 Å². The Balaban J connectivity index is 2.11. The van der Waals surface area contributed by atoms with E-state index in [0.717, 1.165) is 0 Å². The van der Waals surface area contributed by atoms with Crippen LogP contribution in [0.15, 0.2) is 16.6 Å². The Hall–Kier alpha value is -0.550. The fourth-order valence-corrected chi connectivity index (χ4v) is 3.28. The maximum absolute atomic E-state index is 13.4. The Morgan fingerprint density at radius 3 is 2.26 bits per heavy atom. The standard InChI is InChI=1S/C15H12Cl4F2O2/c1-15(2)7(3-10(16)17)11(15)14(22)23-5-6-12(18)8(20)4-9(21)13(6)19/h3-4,7,11H,5H2,1-2H3. The van der Waals surface area contributed by atoms with E-state index in [4.69, 9.17) is 51.1 Å². The number of hydrogen-bond donors (Lipinski definition) is 0. The lowest BCUT2D eigenvalue weighted by Gasteiger charge is -2.10. The lowest BCUT2D eigenvalue weighted by molar-refractivity contribution is -0.147. The SMILES string of the molecule is CC1(C)C(C=C(Cl)Cl)C1C(=O)OCc1c(Cl)c(F)cc(F)c1Cl. The Kier molecular flexibility index (Phi) is 5.51. The molecule has 0 spiro atoms. The molecule has 1 aliphatic rings. The van der Waals surface area contributed by atoms with Gasteiger partial charge in [0.2, 0.25) is 0 Å². The zero-order valence-electron chi connectivity index (χ0n) is 12.1. The van der Waals surface area contributed by atoms with Crippen molar-refractivity contribution in [2.75, 3.05) is 0 Å². The van der Waals surface area contributed by atoms with Crippen LogP contribution in [-0.2, 0) is 16.1 Å². The first-order chi connectivity index (χ1) is 10.6. The van der Waals surface area contributed by atoms with E-state index in [-0.39, 0.29) is 31.4 Å². The Morgan fingerprint density at radius 2 is 1.78 bits per heavy atom. The predicted molar refractivity (Wildman–Crippen MR) is 86.7 cm³/mol. The number of carbonyl (C=O) groups is 1. The minimum Gasteiger partial charge on any atom is -0.460 e. The number of hydrogen-bond acceptors (Lipinski definition) is 2. The second kappa shape index (κ2) is 6.75. The fourth-order valence-electron chi connectivity index (χ4n) is 2.56. The Morgan fingerprint density at radius 1 is 1.26 bits per heavy atom. The smallest absolute Gasteiger partial charge is 0.310 e. The van der Waals surface area contributed by atoms with E-state index in [1.54, 1.807) is 6.08 Å². The second-order valence-electron chi connectivity index (χ2n) is 5.84. The third-order valence-electron chi connectivity index (χ3n) is 4.03. The van der Waals surface area contributed by atoms with Crippen LogP contribution in [0.2, 0.25) is 10.0 Å². The Bertz CT molecular complexity index is 658.